The van der Waals surface area contributed by atoms with E-state index in [9.17, 15) is 9.18 Å². The number of likely N-dealkylation sites (tertiary alicyclic amines) is 1. The fourth-order valence-corrected chi connectivity index (χ4v) is 3.96. The van der Waals surface area contributed by atoms with Gasteiger partial charge in [-0.2, -0.15) is 0 Å². The van der Waals surface area contributed by atoms with E-state index in [2.05, 4.69) is 17.9 Å². The van der Waals surface area contributed by atoms with Gasteiger partial charge in [0.15, 0.2) is 0 Å². The van der Waals surface area contributed by atoms with Gasteiger partial charge in [-0.3, -0.25) is 9.69 Å². The molecule has 2 heterocycles. The molecule has 0 N–H and O–H groups in total. The van der Waals surface area contributed by atoms with Gasteiger partial charge in [-0.15, -0.1) is 0 Å². The van der Waals surface area contributed by atoms with Gasteiger partial charge in [-0.25, -0.2) is 4.39 Å². The molecule has 1 amide bonds. The molecule has 0 bridgehead atoms. The summed E-state index contributed by atoms with van der Waals surface area (Å²) in [6.45, 7) is 5.81. The Morgan fingerprint density at radius 1 is 1.08 bits per heavy atom. The number of nitrogens with zero attached hydrogens (tertiary/aromatic N) is 2. The molecule has 25 heavy (non-hydrogen) atoms. The average Bonchev–Trinajstić information content (AvgIpc) is 3.16. The van der Waals surface area contributed by atoms with Crippen molar-refractivity contribution in [2.45, 2.75) is 32.4 Å². The first kappa shape index (κ1) is 16.3. The minimum absolute atomic E-state index is 0.132. The van der Waals surface area contributed by atoms with Gasteiger partial charge in [-0.1, -0.05) is 18.2 Å². The molecule has 0 aliphatic carbocycles. The van der Waals surface area contributed by atoms with Crippen molar-refractivity contribution in [3.8, 4) is 11.1 Å². The monoisotopic (exact) mass is 338 g/mol. The number of fused-ring (bicyclic) bond motifs is 1. The Bertz CT molecular complexity index is 787. The maximum absolute atomic E-state index is 13.1. The lowest BCUT2D eigenvalue weighted by Crippen LogP contribution is -2.36. The maximum Gasteiger partial charge on any atom is 0.254 e. The number of hydrogen-bond donors (Lipinski definition) is 0. The van der Waals surface area contributed by atoms with Crippen LogP contribution in [0.2, 0.25) is 0 Å². The summed E-state index contributed by atoms with van der Waals surface area (Å²) < 4.78 is 13.1. The van der Waals surface area contributed by atoms with Crippen LogP contribution in [0.15, 0.2) is 42.5 Å². The van der Waals surface area contributed by atoms with Gasteiger partial charge in [-0.05, 0) is 67.3 Å². The highest BCUT2D eigenvalue weighted by Crippen LogP contribution is 2.29. The van der Waals surface area contributed by atoms with Crippen molar-refractivity contribution in [1.29, 1.82) is 0 Å². The second-order valence-corrected chi connectivity index (χ2v) is 7.13. The molecule has 3 nitrogen and oxygen atoms in total. The smallest absolute Gasteiger partial charge is 0.254 e. The molecule has 1 unspecified atom stereocenters. The predicted molar refractivity (Wildman–Crippen MR) is 96.8 cm³/mol. The normalized spacial score (nSPS) is 20.3. The number of halogens is 1. The molecule has 0 spiro atoms. The van der Waals surface area contributed by atoms with Crippen molar-refractivity contribution in [1.82, 2.24) is 9.80 Å². The van der Waals surface area contributed by atoms with Crippen molar-refractivity contribution < 1.29 is 9.18 Å². The van der Waals surface area contributed by atoms with Crippen LogP contribution in [0, 0.1) is 5.82 Å². The van der Waals surface area contributed by atoms with Crippen LogP contribution in [0.25, 0.3) is 11.1 Å². The Hall–Kier alpha value is -2.20. The first-order valence-electron chi connectivity index (χ1n) is 9.04. The Morgan fingerprint density at radius 3 is 2.56 bits per heavy atom. The molecule has 1 saturated heterocycles. The molecule has 1 atom stereocenters. The minimum atomic E-state index is -0.234. The van der Waals surface area contributed by atoms with Crippen LogP contribution < -0.4 is 0 Å². The summed E-state index contributed by atoms with van der Waals surface area (Å²) in [5.41, 5.74) is 3.88. The zero-order chi connectivity index (χ0) is 17.4. The van der Waals surface area contributed by atoms with Crippen LogP contribution >= 0.6 is 0 Å². The van der Waals surface area contributed by atoms with Crippen molar-refractivity contribution in [3.63, 3.8) is 0 Å². The quantitative estimate of drug-likeness (QED) is 0.843. The number of benzene rings is 2. The van der Waals surface area contributed by atoms with Crippen molar-refractivity contribution in [3.05, 3.63) is 59.4 Å². The fourth-order valence-electron chi connectivity index (χ4n) is 3.96. The summed E-state index contributed by atoms with van der Waals surface area (Å²) in [5, 5.41) is 0. The lowest BCUT2D eigenvalue weighted by molar-refractivity contribution is 0.0756. The molecular formula is C21H23FN2O. The highest BCUT2D eigenvalue weighted by Gasteiger charge is 2.28. The predicted octanol–water partition coefficient (Wildman–Crippen LogP) is 3.93. The topological polar surface area (TPSA) is 23.6 Å². The van der Waals surface area contributed by atoms with E-state index in [1.165, 1.54) is 25.0 Å². The third-order valence-corrected chi connectivity index (χ3v) is 5.51. The van der Waals surface area contributed by atoms with Gasteiger partial charge in [0, 0.05) is 31.2 Å². The molecule has 1 fully saturated rings. The van der Waals surface area contributed by atoms with E-state index in [0.717, 1.165) is 41.9 Å². The number of hydrogen-bond acceptors (Lipinski definition) is 2. The van der Waals surface area contributed by atoms with Gasteiger partial charge >= 0.3 is 0 Å². The zero-order valence-corrected chi connectivity index (χ0v) is 14.5. The third kappa shape index (κ3) is 3.19. The molecule has 4 rings (SSSR count). The Morgan fingerprint density at radius 2 is 1.84 bits per heavy atom. The van der Waals surface area contributed by atoms with Crippen LogP contribution in [0.3, 0.4) is 0 Å². The van der Waals surface area contributed by atoms with Crippen molar-refractivity contribution in [2.24, 2.45) is 0 Å². The molecule has 130 valence electrons. The second-order valence-electron chi connectivity index (χ2n) is 7.13. The first-order chi connectivity index (χ1) is 12.1. The van der Waals surface area contributed by atoms with Crippen LogP contribution in [-0.4, -0.2) is 41.4 Å². The molecular weight excluding hydrogens is 315 g/mol. The van der Waals surface area contributed by atoms with Gasteiger partial charge in [0.05, 0.1) is 0 Å². The highest BCUT2D eigenvalue weighted by molar-refractivity contribution is 5.99. The summed E-state index contributed by atoms with van der Waals surface area (Å²) in [6.07, 6.45) is 2.52. The number of rotatable bonds is 4. The molecule has 2 aromatic carbocycles. The van der Waals surface area contributed by atoms with E-state index in [0.29, 0.717) is 12.6 Å². The lowest BCUT2D eigenvalue weighted by atomic mass is 10.0. The van der Waals surface area contributed by atoms with E-state index in [1.54, 1.807) is 12.1 Å². The zero-order valence-electron chi connectivity index (χ0n) is 14.5. The summed E-state index contributed by atoms with van der Waals surface area (Å²) in [7, 11) is 0. The highest BCUT2D eigenvalue weighted by atomic mass is 19.1. The lowest BCUT2D eigenvalue weighted by Gasteiger charge is -2.24. The Kier molecular flexibility index (Phi) is 4.30. The Balaban J connectivity index is 1.48. The molecule has 0 aromatic heterocycles. The molecule has 0 saturated carbocycles. The van der Waals surface area contributed by atoms with E-state index in [4.69, 9.17) is 0 Å². The van der Waals surface area contributed by atoms with Crippen LogP contribution in [0.4, 0.5) is 4.39 Å². The van der Waals surface area contributed by atoms with Crippen molar-refractivity contribution in [2.75, 3.05) is 19.6 Å². The third-order valence-electron chi connectivity index (χ3n) is 5.51. The van der Waals surface area contributed by atoms with Crippen molar-refractivity contribution >= 4 is 5.91 Å². The van der Waals surface area contributed by atoms with E-state index >= 15 is 0 Å². The summed E-state index contributed by atoms with van der Waals surface area (Å²) in [5.74, 6) is -0.102. The largest absolute Gasteiger partial charge is 0.333 e. The molecule has 4 heteroatoms. The standard InChI is InChI=1S/C21H23FN2O/c1-15-3-2-10-23(15)11-12-24-14-18-13-17(6-9-20(18)21(24)25)16-4-7-19(22)8-5-16/h4-9,13,15H,2-3,10-12,14H2,1H3. The van der Waals surface area contributed by atoms with Gasteiger partial charge < -0.3 is 4.90 Å². The number of carbonyl (C=O) groups is 1. The van der Waals surface area contributed by atoms with Gasteiger partial charge in [0.25, 0.3) is 5.91 Å². The summed E-state index contributed by atoms with van der Waals surface area (Å²) in [4.78, 5) is 17.1. The Labute approximate surface area is 148 Å². The molecule has 2 aliphatic heterocycles. The minimum Gasteiger partial charge on any atom is -0.333 e. The van der Waals surface area contributed by atoms with Gasteiger partial charge in [0.1, 0.15) is 5.82 Å². The summed E-state index contributed by atoms with van der Waals surface area (Å²) in [6, 6.07) is 13.1. The maximum atomic E-state index is 13.1. The fraction of sp³-hybridized carbons (Fsp3) is 0.381. The van der Waals surface area contributed by atoms with E-state index < -0.39 is 0 Å². The summed E-state index contributed by atoms with van der Waals surface area (Å²) >= 11 is 0. The molecule has 2 aliphatic rings. The van der Waals surface area contributed by atoms with E-state index in [-0.39, 0.29) is 11.7 Å². The number of amides is 1. The van der Waals surface area contributed by atoms with E-state index in [1.807, 2.05) is 17.0 Å². The second kappa shape index (κ2) is 6.60. The first-order valence-corrected chi connectivity index (χ1v) is 9.04. The van der Waals surface area contributed by atoms with Crippen LogP contribution in [0.1, 0.15) is 35.7 Å². The average molecular weight is 338 g/mol. The molecule has 0 radical (unpaired) electrons. The van der Waals surface area contributed by atoms with Crippen LogP contribution in [0.5, 0.6) is 0 Å². The number of carbonyl (C=O) groups excluding carboxylic acids is 1. The SMILES string of the molecule is CC1CCCN1CCN1Cc2cc(-c3ccc(F)cc3)ccc2C1=O. The van der Waals surface area contributed by atoms with Gasteiger partial charge in [0.2, 0.25) is 0 Å². The molecule has 2 aromatic rings. The van der Waals surface area contributed by atoms with Crippen LogP contribution in [-0.2, 0) is 6.54 Å².